The van der Waals surface area contributed by atoms with Gasteiger partial charge in [-0.2, -0.15) is 5.10 Å². The second kappa shape index (κ2) is 9.59. The summed E-state index contributed by atoms with van der Waals surface area (Å²) in [4.78, 5) is 12.7. The zero-order chi connectivity index (χ0) is 24.5. The van der Waals surface area contributed by atoms with Crippen molar-refractivity contribution in [2.75, 3.05) is 13.2 Å². The number of aliphatic hydroxyl groups is 1. The van der Waals surface area contributed by atoms with Gasteiger partial charge in [-0.15, -0.1) is 0 Å². The standard InChI is InChI=1S/C26H26F2N4O3/c1-31-12-19(11-29-31)16-5-6-17(21(28)9-16)13-32-14-18(26-20(27)3-2-4-23(26)32)10-25(34)30-22-7-8-35-15-24(22)33/h2-6,9,11-12,14,22,24,33H,7-8,10,13,15H2,1H3,(H,30,34)/t22-,24-/m0/s1. The number of rotatable bonds is 6. The molecule has 1 amide bonds. The number of hydrogen-bond donors (Lipinski definition) is 2. The number of carbonyl (C=O) groups excluding carboxylic acids is 1. The summed E-state index contributed by atoms with van der Waals surface area (Å²) in [5.74, 6) is -1.13. The largest absolute Gasteiger partial charge is 0.389 e. The molecule has 5 rings (SSSR count). The van der Waals surface area contributed by atoms with Crippen LogP contribution in [0.15, 0.2) is 55.0 Å². The van der Waals surface area contributed by atoms with E-state index in [1.54, 1.807) is 46.9 Å². The van der Waals surface area contributed by atoms with Gasteiger partial charge in [0, 0.05) is 42.6 Å². The average Bonchev–Trinajstić information content (AvgIpc) is 3.41. The van der Waals surface area contributed by atoms with Crippen LogP contribution in [-0.2, 0) is 29.5 Å². The summed E-state index contributed by atoms with van der Waals surface area (Å²) < 4.78 is 38.4. The Kier molecular flexibility index (Phi) is 6.36. The zero-order valence-corrected chi connectivity index (χ0v) is 19.2. The molecule has 7 nitrogen and oxygen atoms in total. The quantitative estimate of drug-likeness (QED) is 0.444. The van der Waals surface area contributed by atoms with Crippen molar-refractivity contribution < 1.29 is 23.4 Å². The minimum atomic E-state index is -0.775. The normalized spacial score (nSPS) is 18.2. The molecular weight excluding hydrogens is 454 g/mol. The fourth-order valence-electron chi connectivity index (χ4n) is 4.59. The molecule has 35 heavy (non-hydrogen) atoms. The Morgan fingerprint density at radius 1 is 1.17 bits per heavy atom. The van der Waals surface area contributed by atoms with Crippen molar-refractivity contribution in [3.63, 3.8) is 0 Å². The topological polar surface area (TPSA) is 81.3 Å². The number of aryl methyl sites for hydroxylation is 1. The Balaban J connectivity index is 1.40. The zero-order valence-electron chi connectivity index (χ0n) is 19.2. The maximum Gasteiger partial charge on any atom is 0.224 e. The molecule has 0 unspecified atom stereocenters. The molecule has 0 spiro atoms. The van der Waals surface area contributed by atoms with Crippen molar-refractivity contribution in [1.29, 1.82) is 0 Å². The van der Waals surface area contributed by atoms with E-state index >= 15 is 4.39 Å². The number of aromatic nitrogens is 3. The number of ether oxygens (including phenoxy) is 1. The Morgan fingerprint density at radius 2 is 2.03 bits per heavy atom. The van der Waals surface area contributed by atoms with E-state index in [2.05, 4.69) is 10.4 Å². The first kappa shape index (κ1) is 23.2. The first-order chi connectivity index (χ1) is 16.9. The minimum Gasteiger partial charge on any atom is -0.389 e. The molecule has 1 aliphatic rings. The van der Waals surface area contributed by atoms with E-state index in [0.717, 1.165) is 11.1 Å². The van der Waals surface area contributed by atoms with Gasteiger partial charge in [0.05, 0.1) is 43.4 Å². The predicted molar refractivity (Wildman–Crippen MR) is 127 cm³/mol. The second-order valence-corrected chi connectivity index (χ2v) is 8.91. The maximum atomic E-state index is 15.0. The summed E-state index contributed by atoms with van der Waals surface area (Å²) in [6.45, 7) is 0.810. The highest BCUT2D eigenvalue weighted by molar-refractivity contribution is 5.90. The number of nitrogens with zero attached hydrogens (tertiary/aromatic N) is 3. The van der Waals surface area contributed by atoms with Gasteiger partial charge in [-0.05, 0) is 35.7 Å². The molecule has 2 aromatic carbocycles. The van der Waals surface area contributed by atoms with Crippen LogP contribution in [0.5, 0.6) is 0 Å². The van der Waals surface area contributed by atoms with Crippen LogP contribution in [0.4, 0.5) is 8.78 Å². The highest BCUT2D eigenvalue weighted by atomic mass is 19.1. The van der Waals surface area contributed by atoms with Crippen LogP contribution in [-0.4, -0.2) is 50.7 Å². The third-order valence-corrected chi connectivity index (χ3v) is 6.39. The summed E-state index contributed by atoms with van der Waals surface area (Å²) in [7, 11) is 1.80. The molecular formula is C26H26F2N4O3. The van der Waals surface area contributed by atoms with Crippen molar-refractivity contribution in [1.82, 2.24) is 19.7 Å². The molecule has 0 aliphatic carbocycles. The average molecular weight is 481 g/mol. The van der Waals surface area contributed by atoms with Crippen molar-refractivity contribution in [3.05, 3.63) is 77.8 Å². The van der Waals surface area contributed by atoms with Gasteiger partial charge in [-0.25, -0.2) is 8.78 Å². The van der Waals surface area contributed by atoms with Crippen molar-refractivity contribution >= 4 is 16.8 Å². The van der Waals surface area contributed by atoms with E-state index < -0.39 is 18.0 Å². The lowest BCUT2D eigenvalue weighted by molar-refractivity contribution is -0.123. The van der Waals surface area contributed by atoms with E-state index in [4.69, 9.17) is 4.74 Å². The smallest absolute Gasteiger partial charge is 0.224 e. The number of fused-ring (bicyclic) bond motifs is 1. The van der Waals surface area contributed by atoms with Crippen molar-refractivity contribution in [2.45, 2.75) is 31.5 Å². The Labute approximate surface area is 200 Å². The fourth-order valence-corrected chi connectivity index (χ4v) is 4.59. The molecule has 9 heteroatoms. The van der Waals surface area contributed by atoms with Crippen LogP contribution in [0.3, 0.4) is 0 Å². The van der Waals surface area contributed by atoms with Crippen molar-refractivity contribution in [3.8, 4) is 11.1 Å². The van der Waals surface area contributed by atoms with Crippen LogP contribution in [0.25, 0.3) is 22.0 Å². The van der Waals surface area contributed by atoms with E-state index in [-0.39, 0.29) is 31.3 Å². The van der Waals surface area contributed by atoms with Gasteiger partial charge in [0.15, 0.2) is 0 Å². The summed E-state index contributed by atoms with van der Waals surface area (Å²) in [6.07, 6.45) is 4.86. The molecule has 2 N–H and O–H groups in total. The monoisotopic (exact) mass is 480 g/mol. The van der Waals surface area contributed by atoms with E-state index in [9.17, 15) is 14.3 Å². The highest BCUT2D eigenvalue weighted by Gasteiger charge is 2.26. The number of halogens is 2. The van der Waals surface area contributed by atoms with Gasteiger partial charge < -0.3 is 19.7 Å². The molecule has 3 heterocycles. The molecule has 0 saturated carbocycles. The number of aliphatic hydroxyl groups excluding tert-OH is 1. The summed E-state index contributed by atoms with van der Waals surface area (Å²) in [5, 5.41) is 17.3. The van der Waals surface area contributed by atoms with Gasteiger partial charge in [0.1, 0.15) is 11.6 Å². The lowest BCUT2D eigenvalue weighted by atomic mass is 10.0. The van der Waals surface area contributed by atoms with Gasteiger partial charge in [-0.1, -0.05) is 18.2 Å². The molecule has 0 bridgehead atoms. The Hall–Kier alpha value is -3.56. The van der Waals surface area contributed by atoms with Gasteiger partial charge in [0.2, 0.25) is 5.91 Å². The van der Waals surface area contributed by atoms with Crippen LogP contribution < -0.4 is 5.32 Å². The molecule has 2 atom stereocenters. The SMILES string of the molecule is Cn1cc(-c2ccc(Cn3cc(CC(=O)N[C@H]4CCOC[C@@H]4O)c4c(F)cccc43)c(F)c2)cn1. The third-order valence-electron chi connectivity index (χ3n) is 6.39. The molecule has 1 aliphatic heterocycles. The third kappa shape index (κ3) is 4.82. The predicted octanol–water partition coefficient (Wildman–Crippen LogP) is 3.18. The number of hydrogen-bond acceptors (Lipinski definition) is 4. The summed E-state index contributed by atoms with van der Waals surface area (Å²) >= 11 is 0. The van der Waals surface area contributed by atoms with Crippen LogP contribution in [0, 0.1) is 11.6 Å². The van der Waals surface area contributed by atoms with Crippen LogP contribution in [0.2, 0.25) is 0 Å². The highest BCUT2D eigenvalue weighted by Crippen LogP contribution is 2.28. The molecule has 1 saturated heterocycles. The van der Waals surface area contributed by atoms with E-state index in [1.165, 1.54) is 12.1 Å². The summed E-state index contributed by atoms with van der Waals surface area (Å²) in [5.41, 5.74) is 3.06. The minimum absolute atomic E-state index is 0.0586. The second-order valence-electron chi connectivity index (χ2n) is 8.91. The molecule has 4 aromatic rings. The Morgan fingerprint density at radius 3 is 2.77 bits per heavy atom. The van der Waals surface area contributed by atoms with Gasteiger partial charge in [0.25, 0.3) is 0 Å². The molecule has 2 aromatic heterocycles. The molecule has 182 valence electrons. The number of amides is 1. The Bertz CT molecular complexity index is 1380. The fraction of sp³-hybridized carbons (Fsp3) is 0.308. The number of carbonyl (C=O) groups is 1. The summed E-state index contributed by atoms with van der Waals surface area (Å²) in [6, 6.07) is 9.30. The molecule has 0 radical (unpaired) electrons. The lowest BCUT2D eigenvalue weighted by Crippen LogP contribution is -2.49. The van der Waals surface area contributed by atoms with E-state index in [1.807, 2.05) is 12.3 Å². The van der Waals surface area contributed by atoms with Crippen LogP contribution >= 0.6 is 0 Å². The maximum absolute atomic E-state index is 15.0. The van der Waals surface area contributed by atoms with Gasteiger partial charge >= 0.3 is 0 Å². The van der Waals surface area contributed by atoms with Gasteiger partial charge in [-0.3, -0.25) is 9.48 Å². The number of benzene rings is 2. The van der Waals surface area contributed by atoms with Crippen molar-refractivity contribution in [2.24, 2.45) is 7.05 Å². The first-order valence-electron chi connectivity index (χ1n) is 11.5. The molecule has 1 fully saturated rings. The lowest BCUT2D eigenvalue weighted by Gasteiger charge is -2.28. The van der Waals surface area contributed by atoms with Crippen LogP contribution in [0.1, 0.15) is 17.5 Å². The first-order valence-corrected chi connectivity index (χ1v) is 11.5. The van der Waals surface area contributed by atoms with E-state index in [0.29, 0.717) is 35.1 Å². The number of nitrogens with one attached hydrogen (secondary N) is 1.